The second-order valence-corrected chi connectivity index (χ2v) is 9.71. The van der Waals surface area contributed by atoms with Gasteiger partial charge in [-0.1, -0.05) is 0 Å². The molecule has 1 saturated heterocycles. The summed E-state index contributed by atoms with van der Waals surface area (Å²) >= 11 is 0. The van der Waals surface area contributed by atoms with E-state index in [4.69, 9.17) is 15.2 Å². The lowest BCUT2D eigenvalue weighted by Gasteiger charge is -2.49. The van der Waals surface area contributed by atoms with E-state index >= 15 is 0 Å². The number of hydrogen-bond donors (Lipinski definition) is 4. The topological polar surface area (TPSA) is 109 Å². The summed E-state index contributed by atoms with van der Waals surface area (Å²) in [5, 5.41) is 30.9. The van der Waals surface area contributed by atoms with E-state index in [1.54, 1.807) is 36.5 Å². The minimum atomic E-state index is -0.0234. The highest BCUT2D eigenvalue weighted by Gasteiger charge is 2.39. The summed E-state index contributed by atoms with van der Waals surface area (Å²) < 4.78 is 5.49. The number of allylic oxidation sites excluding steroid dienone is 1. The fraction of sp³-hybridized carbons (Fsp3) is 0.458. The number of rotatable bonds is 5. The van der Waals surface area contributed by atoms with Crippen LogP contribution in [0.4, 0.5) is 0 Å². The van der Waals surface area contributed by atoms with Crippen molar-refractivity contribution in [1.82, 2.24) is 15.2 Å². The Morgan fingerprint density at radius 3 is 2.39 bits per heavy atom. The molecule has 1 aliphatic heterocycles. The van der Waals surface area contributed by atoms with Crippen LogP contribution in [0.3, 0.4) is 0 Å². The molecule has 1 aromatic heterocycles. The van der Waals surface area contributed by atoms with Crippen LogP contribution in [-0.4, -0.2) is 50.7 Å². The molecule has 0 spiro atoms. The molecule has 1 fully saturated rings. The maximum Gasteiger partial charge on any atom is 0.226 e. The highest BCUT2D eigenvalue weighted by Crippen LogP contribution is 2.31. The molecule has 0 saturated carbocycles. The molecule has 2 aromatic rings. The Morgan fingerprint density at radius 1 is 1.19 bits per heavy atom. The number of phenols is 1. The van der Waals surface area contributed by atoms with Crippen molar-refractivity contribution < 1.29 is 9.52 Å². The fourth-order valence-corrected chi connectivity index (χ4v) is 4.49. The molecule has 0 aliphatic carbocycles. The lowest BCUT2D eigenvalue weighted by molar-refractivity contribution is 0.114. The molecule has 0 unspecified atom stereocenters. The smallest absolute Gasteiger partial charge is 0.226 e. The second-order valence-electron chi connectivity index (χ2n) is 9.71. The standard InChI is InChI=1S/C24H33N5O2/c1-15-14-27-22(31-15)16-7-8-18(20(30)11-16)19(25)9-10-21(26)29(6)17-12-23(2,3)28-24(4,5)13-17/h7-11,14,17,25-26,28,30H,12-13H2,1-6H3/b10-9-,25-19?,26-21?. The zero-order valence-electron chi connectivity index (χ0n) is 19.2. The number of piperidine rings is 1. The molecule has 0 radical (unpaired) electrons. The predicted molar refractivity (Wildman–Crippen MR) is 124 cm³/mol. The van der Waals surface area contributed by atoms with Crippen molar-refractivity contribution in [2.75, 3.05) is 7.05 Å². The number of amidine groups is 1. The van der Waals surface area contributed by atoms with E-state index in [-0.39, 0.29) is 28.6 Å². The molecular weight excluding hydrogens is 390 g/mol. The van der Waals surface area contributed by atoms with E-state index in [0.717, 1.165) is 12.8 Å². The number of hydrogen-bond acceptors (Lipinski definition) is 6. The molecule has 0 bridgehead atoms. The number of nitrogens with one attached hydrogen (secondary N) is 3. The van der Waals surface area contributed by atoms with Gasteiger partial charge in [-0.05, 0) is 77.8 Å². The van der Waals surface area contributed by atoms with E-state index < -0.39 is 0 Å². The van der Waals surface area contributed by atoms with E-state index in [0.29, 0.717) is 28.6 Å². The predicted octanol–water partition coefficient (Wildman–Crippen LogP) is 4.50. The van der Waals surface area contributed by atoms with Crippen LogP contribution in [0.2, 0.25) is 0 Å². The molecule has 0 amide bonds. The summed E-state index contributed by atoms with van der Waals surface area (Å²) in [7, 11) is 1.93. The van der Waals surface area contributed by atoms with Crippen molar-refractivity contribution >= 4 is 11.5 Å². The summed E-state index contributed by atoms with van der Waals surface area (Å²) in [5.41, 5.74) is 1.16. The lowest BCUT2D eigenvalue weighted by Crippen LogP contribution is -2.62. The van der Waals surface area contributed by atoms with Gasteiger partial charge in [-0.25, -0.2) is 4.98 Å². The minimum Gasteiger partial charge on any atom is -0.507 e. The van der Waals surface area contributed by atoms with Crippen molar-refractivity contribution in [2.45, 2.75) is 64.6 Å². The Morgan fingerprint density at radius 2 is 1.84 bits per heavy atom. The average Bonchev–Trinajstić information content (AvgIpc) is 3.09. The Bertz CT molecular complexity index is 1000. The van der Waals surface area contributed by atoms with E-state index in [1.807, 2.05) is 18.9 Å². The molecule has 166 valence electrons. The number of likely N-dealkylation sites (N-methyl/N-ethyl adjacent to an activating group) is 1. The largest absolute Gasteiger partial charge is 0.507 e. The van der Waals surface area contributed by atoms with Crippen LogP contribution in [0.25, 0.3) is 11.5 Å². The Hall–Kier alpha value is -2.93. The molecule has 1 aliphatic rings. The van der Waals surface area contributed by atoms with E-state index in [2.05, 4.69) is 38.0 Å². The monoisotopic (exact) mass is 423 g/mol. The first-order valence-electron chi connectivity index (χ1n) is 10.5. The Balaban J connectivity index is 1.69. The van der Waals surface area contributed by atoms with Crippen LogP contribution in [0.15, 0.2) is 41.0 Å². The van der Waals surface area contributed by atoms with Crippen molar-refractivity contribution in [2.24, 2.45) is 0 Å². The first kappa shape index (κ1) is 22.7. The van der Waals surface area contributed by atoms with Crippen molar-refractivity contribution in [3.63, 3.8) is 0 Å². The Labute approximate surface area is 184 Å². The molecule has 4 N–H and O–H groups in total. The van der Waals surface area contributed by atoms with Crippen LogP contribution >= 0.6 is 0 Å². The molecule has 31 heavy (non-hydrogen) atoms. The maximum absolute atomic E-state index is 10.4. The van der Waals surface area contributed by atoms with Crippen LogP contribution < -0.4 is 5.32 Å². The van der Waals surface area contributed by atoms with Gasteiger partial charge in [-0.2, -0.15) is 0 Å². The van der Waals surface area contributed by atoms with Gasteiger partial charge in [0.25, 0.3) is 0 Å². The number of aryl methyl sites for hydroxylation is 1. The molecule has 7 nitrogen and oxygen atoms in total. The van der Waals surface area contributed by atoms with Crippen LogP contribution in [0, 0.1) is 17.7 Å². The highest BCUT2D eigenvalue weighted by molar-refractivity contribution is 6.11. The number of nitrogens with zero attached hydrogens (tertiary/aromatic N) is 2. The third-order valence-electron chi connectivity index (χ3n) is 5.66. The summed E-state index contributed by atoms with van der Waals surface area (Å²) in [4.78, 5) is 6.14. The number of aromatic nitrogens is 1. The third-order valence-corrected chi connectivity index (χ3v) is 5.66. The minimum absolute atomic E-state index is 0.00763. The number of oxazole rings is 1. The van der Waals surface area contributed by atoms with Crippen molar-refractivity contribution in [3.8, 4) is 17.2 Å². The normalized spacial score (nSPS) is 18.3. The van der Waals surface area contributed by atoms with E-state index in [9.17, 15) is 5.11 Å². The fourth-order valence-electron chi connectivity index (χ4n) is 4.49. The zero-order chi connectivity index (χ0) is 23.0. The first-order chi connectivity index (χ1) is 14.4. The molecule has 2 heterocycles. The SMILES string of the molecule is Cc1cnc(-c2ccc(C(=N)/C=C\C(=N)N(C)C3CC(C)(C)NC(C)(C)C3)c(O)c2)o1. The van der Waals surface area contributed by atoms with Gasteiger partial charge in [0.05, 0.1) is 11.9 Å². The Kier molecular flexibility index (Phi) is 6.09. The molecule has 3 rings (SSSR count). The van der Waals surface area contributed by atoms with Crippen LogP contribution in [0.5, 0.6) is 5.75 Å². The first-order valence-corrected chi connectivity index (χ1v) is 10.5. The number of phenolic OH excluding ortho intramolecular Hbond substituents is 1. The molecule has 0 atom stereocenters. The third kappa shape index (κ3) is 5.41. The molecular formula is C24H33N5O2. The molecule has 1 aromatic carbocycles. The van der Waals surface area contributed by atoms with Crippen LogP contribution in [-0.2, 0) is 0 Å². The zero-order valence-corrected chi connectivity index (χ0v) is 19.2. The van der Waals surface area contributed by atoms with Crippen molar-refractivity contribution in [3.05, 3.63) is 47.9 Å². The maximum atomic E-state index is 10.4. The number of benzene rings is 1. The van der Waals surface area contributed by atoms with Gasteiger partial charge in [-0.3, -0.25) is 5.41 Å². The van der Waals surface area contributed by atoms with Gasteiger partial charge in [0.2, 0.25) is 5.89 Å². The molecule has 7 heteroatoms. The summed E-state index contributed by atoms with van der Waals surface area (Å²) in [6, 6.07) is 5.20. The van der Waals surface area contributed by atoms with E-state index in [1.165, 1.54) is 0 Å². The number of aromatic hydroxyl groups is 1. The summed E-state index contributed by atoms with van der Waals surface area (Å²) in [6.45, 7) is 10.6. The quantitative estimate of drug-likeness (QED) is 0.418. The summed E-state index contributed by atoms with van der Waals surface area (Å²) in [5.74, 6) is 1.44. The van der Waals surface area contributed by atoms with Gasteiger partial charge < -0.3 is 25.1 Å². The van der Waals surface area contributed by atoms with Crippen LogP contribution in [0.1, 0.15) is 51.9 Å². The van der Waals surface area contributed by atoms with Gasteiger partial charge in [0.1, 0.15) is 17.3 Å². The highest BCUT2D eigenvalue weighted by atomic mass is 16.4. The van der Waals surface area contributed by atoms with Gasteiger partial charge in [-0.15, -0.1) is 0 Å². The second kappa shape index (κ2) is 8.30. The van der Waals surface area contributed by atoms with Crippen molar-refractivity contribution in [1.29, 1.82) is 10.8 Å². The van der Waals surface area contributed by atoms with Gasteiger partial charge >= 0.3 is 0 Å². The average molecular weight is 424 g/mol. The van der Waals surface area contributed by atoms with Gasteiger partial charge in [0, 0.05) is 35.3 Å². The summed E-state index contributed by atoms with van der Waals surface area (Å²) in [6.07, 6.45) is 6.67. The van der Waals surface area contributed by atoms with Gasteiger partial charge in [0.15, 0.2) is 0 Å². The lowest BCUT2D eigenvalue weighted by atomic mass is 9.79.